The first-order chi connectivity index (χ1) is 9.40. The van der Waals surface area contributed by atoms with Crippen LogP contribution in [0.3, 0.4) is 0 Å². The fraction of sp³-hybridized carbons (Fsp3) is 0.545. The van der Waals surface area contributed by atoms with Gasteiger partial charge in [-0.2, -0.15) is 4.52 Å². The van der Waals surface area contributed by atoms with Gasteiger partial charge in [-0.05, 0) is 19.1 Å². The number of rotatable bonds is 5. The van der Waals surface area contributed by atoms with Crippen molar-refractivity contribution in [3.05, 3.63) is 18.0 Å². The van der Waals surface area contributed by atoms with Crippen LogP contribution < -0.4 is 4.90 Å². The lowest BCUT2D eigenvalue weighted by molar-refractivity contribution is 0.137. The molecule has 0 aliphatic rings. The lowest BCUT2D eigenvalue weighted by atomic mass is 10.3. The number of hydrogen-bond donors (Lipinski definition) is 0. The molecule has 2 unspecified atom stereocenters. The van der Waals surface area contributed by atoms with E-state index in [1.807, 2.05) is 6.92 Å². The van der Waals surface area contributed by atoms with E-state index in [-0.39, 0.29) is 11.7 Å². The Labute approximate surface area is 117 Å². The first-order valence-corrected chi connectivity index (χ1v) is 7.66. The number of hydrogen-bond acceptors (Lipinski definition) is 5. The van der Waals surface area contributed by atoms with E-state index in [1.165, 1.54) is 0 Å². The van der Waals surface area contributed by atoms with Crippen LogP contribution in [0.4, 0.5) is 14.6 Å². The van der Waals surface area contributed by atoms with Crippen LogP contribution in [0.1, 0.15) is 19.2 Å². The van der Waals surface area contributed by atoms with Crippen molar-refractivity contribution >= 4 is 22.3 Å². The first kappa shape index (κ1) is 14.8. The molecule has 0 aromatic carbocycles. The second-order valence-electron chi connectivity index (χ2n) is 4.52. The number of alkyl halides is 2. The largest absolute Gasteiger partial charge is 0.355 e. The molecular weight excluding hydrogens is 288 g/mol. The summed E-state index contributed by atoms with van der Waals surface area (Å²) in [6.45, 7) is 1.90. The molecule has 0 aliphatic heterocycles. The predicted octanol–water partition coefficient (Wildman–Crippen LogP) is 1.27. The molecule has 0 spiro atoms. The van der Waals surface area contributed by atoms with Crippen molar-refractivity contribution in [1.82, 2.24) is 19.8 Å². The average molecular weight is 303 g/mol. The van der Waals surface area contributed by atoms with Gasteiger partial charge in [0.15, 0.2) is 5.65 Å². The van der Waals surface area contributed by atoms with E-state index in [1.54, 1.807) is 30.3 Å². The third kappa shape index (κ3) is 2.92. The first-order valence-electron chi connectivity index (χ1n) is 5.93. The Hall–Kier alpha value is -1.64. The minimum absolute atomic E-state index is 0.0303. The molecule has 0 aliphatic carbocycles. The Morgan fingerprint density at radius 2 is 2.10 bits per heavy atom. The van der Waals surface area contributed by atoms with Gasteiger partial charge in [0.1, 0.15) is 5.82 Å². The summed E-state index contributed by atoms with van der Waals surface area (Å²) in [4.78, 5) is 1.79. The standard InChI is InChI=1S/C11H15F2N5OS/c1-7(6-20(3)19)17(2)9-5-4-8-14-15-11(10(12)13)18(8)16-9/h4-5,7,10H,6H2,1-3H3. The monoisotopic (exact) mass is 303 g/mol. The van der Waals surface area contributed by atoms with E-state index in [0.717, 1.165) is 4.52 Å². The normalized spacial score (nSPS) is 14.7. The molecule has 2 rings (SSSR count). The summed E-state index contributed by atoms with van der Waals surface area (Å²) < 4.78 is 37.8. The zero-order valence-corrected chi connectivity index (χ0v) is 12.1. The third-order valence-corrected chi connectivity index (χ3v) is 3.92. The van der Waals surface area contributed by atoms with Gasteiger partial charge in [0.05, 0.1) is 0 Å². The fourth-order valence-corrected chi connectivity index (χ4v) is 2.70. The average Bonchev–Trinajstić information content (AvgIpc) is 2.79. The van der Waals surface area contributed by atoms with E-state index in [0.29, 0.717) is 11.6 Å². The summed E-state index contributed by atoms with van der Waals surface area (Å²) in [5.74, 6) is 0.485. The van der Waals surface area contributed by atoms with Gasteiger partial charge in [-0.15, -0.1) is 15.3 Å². The molecule has 2 aromatic rings. The van der Waals surface area contributed by atoms with E-state index in [4.69, 9.17) is 0 Å². The molecule has 0 radical (unpaired) electrons. The molecule has 0 fully saturated rings. The molecule has 0 saturated heterocycles. The maximum absolute atomic E-state index is 12.8. The van der Waals surface area contributed by atoms with Crippen LogP contribution >= 0.6 is 0 Å². The lowest BCUT2D eigenvalue weighted by Crippen LogP contribution is -2.34. The number of aromatic nitrogens is 4. The zero-order valence-electron chi connectivity index (χ0n) is 11.3. The molecule has 9 heteroatoms. The molecule has 6 nitrogen and oxygen atoms in total. The van der Waals surface area contributed by atoms with Gasteiger partial charge in [0.2, 0.25) is 5.82 Å². The topological polar surface area (TPSA) is 63.4 Å². The number of nitrogens with zero attached hydrogens (tertiary/aromatic N) is 5. The second-order valence-corrected chi connectivity index (χ2v) is 6.00. The third-order valence-electron chi connectivity index (χ3n) is 2.97. The molecular formula is C11H15F2N5OS. The van der Waals surface area contributed by atoms with Gasteiger partial charge in [-0.1, -0.05) is 0 Å². The SMILES string of the molecule is CC(CS(C)=O)N(C)c1ccc2nnc(C(F)F)n2n1. The quantitative estimate of drug-likeness (QED) is 0.832. The Morgan fingerprint density at radius 3 is 2.70 bits per heavy atom. The summed E-state index contributed by atoms with van der Waals surface area (Å²) in [5.41, 5.74) is 0.268. The summed E-state index contributed by atoms with van der Waals surface area (Å²) in [7, 11) is 0.834. The van der Waals surface area contributed by atoms with Crippen molar-refractivity contribution in [1.29, 1.82) is 0 Å². The van der Waals surface area contributed by atoms with Crippen LogP contribution in [0.25, 0.3) is 5.65 Å². The van der Waals surface area contributed by atoms with Gasteiger partial charge < -0.3 is 4.90 Å². The van der Waals surface area contributed by atoms with E-state index in [9.17, 15) is 13.0 Å². The summed E-state index contributed by atoms with van der Waals surface area (Å²) in [6, 6.07) is 3.22. The Kier molecular flexibility index (Phi) is 4.26. The molecule has 2 atom stereocenters. The highest BCUT2D eigenvalue weighted by molar-refractivity contribution is 7.84. The zero-order chi connectivity index (χ0) is 14.9. The van der Waals surface area contributed by atoms with Crippen LogP contribution in [-0.4, -0.2) is 49.1 Å². The molecule has 0 amide bonds. The van der Waals surface area contributed by atoms with Gasteiger partial charge in [-0.3, -0.25) is 4.21 Å². The highest BCUT2D eigenvalue weighted by atomic mass is 32.2. The fourth-order valence-electron chi connectivity index (χ4n) is 1.80. The maximum atomic E-state index is 12.8. The number of anilines is 1. The van der Waals surface area contributed by atoms with E-state index < -0.39 is 23.0 Å². The van der Waals surface area contributed by atoms with Crippen molar-refractivity contribution in [3.8, 4) is 0 Å². The molecule has 2 heterocycles. The van der Waals surface area contributed by atoms with Gasteiger partial charge in [0, 0.05) is 35.9 Å². The van der Waals surface area contributed by atoms with Crippen molar-refractivity contribution in [2.45, 2.75) is 19.4 Å². The molecule has 0 bridgehead atoms. The van der Waals surface area contributed by atoms with Gasteiger partial charge >= 0.3 is 0 Å². The van der Waals surface area contributed by atoms with Gasteiger partial charge in [-0.25, -0.2) is 8.78 Å². The smallest absolute Gasteiger partial charge is 0.299 e. The molecule has 2 aromatic heterocycles. The second kappa shape index (κ2) is 5.78. The molecule has 20 heavy (non-hydrogen) atoms. The highest BCUT2D eigenvalue weighted by Crippen LogP contribution is 2.19. The van der Waals surface area contributed by atoms with Crippen LogP contribution in [0.2, 0.25) is 0 Å². The van der Waals surface area contributed by atoms with Crippen LogP contribution in [0.15, 0.2) is 12.1 Å². The van der Waals surface area contributed by atoms with Crippen molar-refractivity contribution in [2.75, 3.05) is 24.0 Å². The van der Waals surface area contributed by atoms with Crippen LogP contribution in [-0.2, 0) is 10.8 Å². The molecule has 0 saturated carbocycles. The Balaban J connectivity index is 2.35. The molecule has 0 N–H and O–H groups in total. The van der Waals surface area contributed by atoms with E-state index >= 15 is 0 Å². The molecule has 110 valence electrons. The summed E-state index contributed by atoms with van der Waals surface area (Å²) in [5, 5.41) is 11.2. The highest BCUT2D eigenvalue weighted by Gasteiger charge is 2.19. The van der Waals surface area contributed by atoms with Crippen molar-refractivity contribution < 1.29 is 13.0 Å². The van der Waals surface area contributed by atoms with Crippen molar-refractivity contribution in [3.63, 3.8) is 0 Å². The number of fused-ring (bicyclic) bond motifs is 1. The number of halogens is 2. The van der Waals surface area contributed by atoms with Crippen molar-refractivity contribution in [2.24, 2.45) is 0 Å². The Morgan fingerprint density at radius 1 is 1.40 bits per heavy atom. The minimum Gasteiger partial charge on any atom is -0.355 e. The van der Waals surface area contributed by atoms with Crippen LogP contribution in [0, 0.1) is 0 Å². The predicted molar refractivity (Wildman–Crippen MR) is 72.5 cm³/mol. The van der Waals surface area contributed by atoms with Gasteiger partial charge in [0.25, 0.3) is 6.43 Å². The Bertz CT molecular complexity index is 632. The minimum atomic E-state index is -2.74. The summed E-state index contributed by atoms with van der Waals surface area (Å²) in [6.07, 6.45) is -1.12. The lowest BCUT2D eigenvalue weighted by Gasteiger charge is -2.25. The maximum Gasteiger partial charge on any atom is 0.299 e. The summed E-state index contributed by atoms with van der Waals surface area (Å²) >= 11 is 0. The van der Waals surface area contributed by atoms with Crippen LogP contribution in [0.5, 0.6) is 0 Å². The van der Waals surface area contributed by atoms with E-state index in [2.05, 4.69) is 15.3 Å².